The highest BCUT2D eigenvalue weighted by Gasteiger charge is 2.35. The molecule has 1 aromatic heterocycles. The number of rotatable bonds is 6. The van der Waals surface area contributed by atoms with Gasteiger partial charge in [-0.3, -0.25) is 4.79 Å². The minimum Gasteiger partial charge on any atom is -0.493 e. The normalized spacial score (nSPS) is 13.6. The molecule has 4 rings (SSSR count). The summed E-state index contributed by atoms with van der Waals surface area (Å²) in [6, 6.07) is 9.38. The number of alkyl halides is 3. The number of anilines is 2. The molecule has 1 N–H and O–H groups in total. The number of nitrogens with zero attached hydrogens (tertiary/aromatic N) is 1. The van der Waals surface area contributed by atoms with Gasteiger partial charge in [-0.25, -0.2) is 4.98 Å². The minimum atomic E-state index is -4.54. The van der Waals surface area contributed by atoms with Crippen molar-refractivity contribution in [2.75, 3.05) is 18.5 Å². The van der Waals surface area contributed by atoms with E-state index in [1.165, 1.54) is 23.5 Å². The Morgan fingerprint density at radius 2 is 2.03 bits per heavy atom. The van der Waals surface area contributed by atoms with Gasteiger partial charge in [0.1, 0.15) is 18.1 Å². The van der Waals surface area contributed by atoms with Crippen molar-refractivity contribution in [2.24, 2.45) is 5.92 Å². The molecular formula is C23H21F3N2O3S. The van der Waals surface area contributed by atoms with Gasteiger partial charge >= 0.3 is 6.18 Å². The van der Waals surface area contributed by atoms with E-state index in [-0.39, 0.29) is 36.4 Å². The number of thiazole rings is 1. The predicted molar refractivity (Wildman–Crippen MR) is 117 cm³/mol. The number of nitrogens with one attached hydrogen (secondary N) is 1. The first-order valence-corrected chi connectivity index (χ1v) is 10.9. The van der Waals surface area contributed by atoms with E-state index in [1.54, 1.807) is 11.4 Å². The maximum absolute atomic E-state index is 13.5. The Hall–Kier alpha value is -3.07. The number of carbonyl (C=O) groups is 1. The van der Waals surface area contributed by atoms with Crippen molar-refractivity contribution in [1.82, 2.24) is 4.98 Å². The van der Waals surface area contributed by atoms with Gasteiger partial charge in [-0.2, -0.15) is 13.2 Å². The van der Waals surface area contributed by atoms with E-state index >= 15 is 0 Å². The average molecular weight is 462 g/mol. The van der Waals surface area contributed by atoms with Gasteiger partial charge < -0.3 is 14.8 Å². The summed E-state index contributed by atoms with van der Waals surface area (Å²) in [6.45, 7) is 4.02. The van der Waals surface area contributed by atoms with Gasteiger partial charge in [-0.1, -0.05) is 13.8 Å². The van der Waals surface area contributed by atoms with Crippen molar-refractivity contribution in [2.45, 2.75) is 26.4 Å². The van der Waals surface area contributed by atoms with Gasteiger partial charge in [0.05, 0.1) is 17.9 Å². The lowest BCUT2D eigenvalue weighted by atomic mass is 10.0. The van der Waals surface area contributed by atoms with Crippen molar-refractivity contribution >= 4 is 27.9 Å². The number of benzene rings is 2. The average Bonchev–Trinajstić information content (AvgIpc) is 3.20. The Morgan fingerprint density at radius 3 is 2.78 bits per heavy atom. The monoisotopic (exact) mass is 462 g/mol. The fourth-order valence-corrected chi connectivity index (χ4v) is 3.98. The van der Waals surface area contributed by atoms with Crippen molar-refractivity contribution in [1.29, 1.82) is 0 Å². The zero-order valence-corrected chi connectivity index (χ0v) is 18.3. The van der Waals surface area contributed by atoms with Crippen LogP contribution in [0, 0.1) is 5.92 Å². The summed E-state index contributed by atoms with van der Waals surface area (Å²) in [5.41, 5.74) is 1.69. The van der Waals surface area contributed by atoms with Crippen LogP contribution in [0.15, 0.2) is 41.8 Å². The molecule has 0 radical (unpaired) electrons. The molecule has 168 valence electrons. The van der Waals surface area contributed by atoms with Crippen molar-refractivity contribution in [3.8, 4) is 22.8 Å². The zero-order valence-electron chi connectivity index (χ0n) is 17.5. The summed E-state index contributed by atoms with van der Waals surface area (Å²) in [5.74, 6) is 0.608. The topological polar surface area (TPSA) is 60.5 Å². The van der Waals surface area contributed by atoms with Crippen LogP contribution in [-0.2, 0) is 17.4 Å². The van der Waals surface area contributed by atoms with E-state index in [4.69, 9.17) is 9.47 Å². The Kier molecular flexibility index (Phi) is 6.10. The molecule has 9 heteroatoms. The van der Waals surface area contributed by atoms with Gasteiger partial charge in [0, 0.05) is 28.6 Å². The van der Waals surface area contributed by atoms with Crippen LogP contribution in [0.3, 0.4) is 0 Å². The molecular weight excluding hydrogens is 441 g/mol. The first kappa shape index (κ1) is 22.1. The Morgan fingerprint density at radius 1 is 1.22 bits per heavy atom. The lowest BCUT2D eigenvalue weighted by Gasteiger charge is -2.17. The second-order valence-electron chi connectivity index (χ2n) is 7.90. The third kappa shape index (κ3) is 5.04. The van der Waals surface area contributed by atoms with Gasteiger partial charge in [-0.05, 0) is 42.3 Å². The van der Waals surface area contributed by atoms with Crippen LogP contribution in [-0.4, -0.2) is 24.0 Å². The standard InChI is InChI=1S/C23H21F3N2O3S/c1-13(2)10-30-21-6-4-16(9-18(21)23(24,25)26)27-22-28-19(12-32-22)14-3-5-20-15(7-14)8-17(29)11-31-20/h3-7,9,12-13H,8,10-11H2,1-2H3,(H,27,28). The van der Waals surface area contributed by atoms with Crippen molar-refractivity contribution in [3.05, 3.63) is 52.9 Å². The third-order valence-electron chi connectivity index (χ3n) is 4.75. The highest BCUT2D eigenvalue weighted by Crippen LogP contribution is 2.39. The smallest absolute Gasteiger partial charge is 0.420 e. The van der Waals surface area contributed by atoms with E-state index in [1.807, 2.05) is 26.0 Å². The molecule has 0 amide bonds. The quantitative estimate of drug-likeness (QED) is 0.479. The Balaban J connectivity index is 1.54. The molecule has 0 unspecified atom stereocenters. The molecule has 2 aromatic carbocycles. The summed E-state index contributed by atoms with van der Waals surface area (Å²) in [6.07, 6.45) is -4.23. The summed E-state index contributed by atoms with van der Waals surface area (Å²) in [7, 11) is 0. The van der Waals surface area contributed by atoms with E-state index < -0.39 is 11.7 Å². The maximum atomic E-state index is 13.5. The summed E-state index contributed by atoms with van der Waals surface area (Å²) < 4.78 is 51.3. The fourth-order valence-electron chi connectivity index (χ4n) is 3.24. The lowest BCUT2D eigenvalue weighted by Crippen LogP contribution is -2.20. The van der Waals surface area contributed by atoms with Crippen LogP contribution in [0.5, 0.6) is 11.5 Å². The van der Waals surface area contributed by atoms with E-state index in [2.05, 4.69) is 10.3 Å². The minimum absolute atomic E-state index is 0.0107. The van der Waals surface area contributed by atoms with Gasteiger partial charge in [0.25, 0.3) is 0 Å². The van der Waals surface area contributed by atoms with Crippen LogP contribution < -0.4 is 14.8 Å². The first-order valence-electron chi connectivity index (χ1n) is 10.0. The molecule has 0 spiro atoms. The second-order valence-corrected chi connectivity index (χ2v) is 8.76. The van der Waals surface area contributed by atoms with Gasteiger partial charge in [0.2, 0.25) is 0 Å². The number of ether oxygens (including phenoxy) is 2. The Labute approximate surface area is 187 Å². The summed E-state index contributed by atoms with van der Waals surface area (Å²) in [4.78, 5) is 16.1. The van der Waals surface area contributed by atoms with Crippen molar-refractivity contribution < 1.29 is 27.4 Å². The van der Waals surface area contributed by atoms with Crippen LogP contribution in [0.1, 0.15) is 25.0 Å². The predicted octanol–water partition coefficient (Wildman–Crippen LogP) is 6.11. The number of hydrogen-bond donors (Lipinski definition) is 1. The third-order valence-corrected chi connectivity index (χ3v) is 5.50. The number of hydrogen-bond acceptors (Lipinski definition) is 6. The summed E-state index contributed by atoms with van der Waals surface area (Å²) >= 11 is 1.28. The number of carbonyl (C=O) groups excluding carboxylic acids is 1. The SMILES string of the molecule is CC(C)COc1ccc(Nc2nc(-c3ccc4c(c3)CC(=O)CO4)cs2)cc1C(F)(F)F. The highest BCUT2D eigenvalue weighted by atomic mass is 32.1. The van der Waals surface area contributed by atoms with Gasteiger partial charge in [-0.15, -0.1) is 11.3 Å². The molecule has 0 saturated heterocycles. The number of halogens is 3. The van der Waals surface area contributed by atoms with E-state index in [0.29, 0.717) is 23.0 Å². The molecule has 0 atom stereocenters. The van der Waals surface area contributed by atoms with Crippen molar-refractivity contribution in [3.63, 3.8) is 0 Å². The number of aromatic nitrogens is 1. The highest BCUT2D eigenvalue weighted by molar-refractivity contribution is 7.14. The van der Waals surface area contributed by atoms with E-state index in [0.717, 1.165) is 17.2 Å². The number of Topliss-reactive ketones (excluding diaryl/α,β-unsaturated/α-hetero) is 1. The molecule has 3 aromatic rings. The fraction of sp³-hybridized carbons (Fsp3) is 0.304. The summed E-state index contributed by atoms with van der Waals surface area (Å²) in [5, 5.41) is 5.20. The molecule has 0 saturated carbocycles. The van der Waals surface area contributed by atoms with Crippen LogP contribution in [0.25, 0.3) is 11.3 Å². The molecule has 32 heavy (non-hydrogen) atoms. The molecule has 2 heterocycles. The first-order chi connectivity index (χ1) is 15.2. The van der Waals surface area contributed by atoms with Crippen LogP contribution in [0.2, 0.25) is 0 Å². The van der Waals surface area contributed by atoms with E-state index in [9.17, 15) is 18.0 Å². The second kappa shape index (κ2) is 8.82. The molecule has 1 aliphatic heterocycles. The largest absolute Gasteiger partial charge is 0.493 e. The number of fused-ring (bicyclic) bond motifs is 1. The molecule has 0 fully saturated rings. The zero-order chi connectivity index (χ0) is 22.9. The molecule has 0 aliphatic carbocycles. The lowest BCUT2D eigenvalue weighted by molar-refractivity contribution is -0.139. The molecule has 5 nitrogen and oxygen atoms in total. The van der Waals surface area contributed by atoms with Crippen LogP contribution in [0.4, 0.5) is 24.0 Å². The molecule has 1 aliphatic rings. The van der Waals surface area contributed by atoms with Gasteiger partial charge in [0.15, 0.2) is 10.9 Å². The maximum Gasteiger partial charge on any atom is 0.420 e. The van der Waals surface area contributed by atoms with Crippen LogP contribution >= 0.6 is 11.3 Å². The Bertz CT molecular complexity index is 1140. The number of ketones is 1. The molecule has 0 bridgehead atoms.